The summed E-state index contributed by atoms with van der Waals surface area (Å²) < 4.78 is 24.7. The van der Waals surface area contributed by atoms with Gasteiger partial charge in [-0.25, -0.2) is 14.2 Å². The Morgan fingerprint density at radius 2 is 2.15 bits per heavy atom. The molecular formula is C24H30FN5O3. The van der Waals surface area contributed by atoms with E-state index in [0.717, 1.165) is 30.6 Å². The first-order valence-corrected chi connectivity index (χ1v) is 10.6. The number of nitrogens with zero attached hydrogens (tertiary/aromatic N) is 2. The zero-order chi connectivity index (χ0) is 24.0. The highest BCUT2D eigenvalue weighted by Crippen LogP contribution is 2.31. The molecule has 3 rings (SSSR count). The molecule has 33 heavy (non-hydrogen) atoms. The van der Waals surface area contributed by atoms with Gasteiger partial charge in [0.1, 0.15) is 11.6 Å². The Morgan fingerprint density at radius 1 is 1.36 bits per heavy atom. The first-order chi connectivity index (χ1) is 15.9. The summed E-state index contributed by atoms with van der Waals surface area (Å²) in [6.45, 7) is 3.97. The standard InChI is InChI=1S/C24H30FN5O3/c1-15-8-20(25)22(30-7-5-16(13-30)14-32-2)11-19(15)21(27)9-18(12-26)17-4-6-28-23(10-17)29-24(31)33-3/h4,6,8-12,16H,5,7,13-14,26-27H2,1-3H3,(H,28,29,31)/b18-12+,21-9-. The lowest BCUT2D eigenvalue weighted by molar-refractivity contribution is 0.161. The molecule has 1 saturated heterocycles. The minimum Gasteiger partial charge on any atom is -0.453 e. The van der Waals surface area contributed by atoms with Crippen LogP contribution in [0.15, 0.2) is 42.7 Å². The van der Waals surface area contributed by atoms with E-state index in [1.165, 1.54) is 19.4 Å². The second-order valence-electron chi connectivity index (χ2n) is 7.94. The van der Waals surface area contributed by atoms with Crippen molar-refractivity contribution in [2.45, 2.75) is 13.3 Å². The number of rotatable bonds is 7. The highest BCUT2D eigenvalue weighted by Gasteiger charge is 2.25. The number of nitrogens with one attached hydrogen (secondary N) is 1. The van der Waals surface area contributed by atoms with Crippen molar-refractivity contribution in [2.75, 3.05) is 44.1 Å². The Balaban J connectivity index is 1.89. The Bertz CT molecular complexity index is 1070. The Morgan fingerprint density at radius 3 is 2.85 bits per heavy atom. The second-order valence-corrected chi connectivity index (χ2v) is 7.94. The zero-order valence-electron chi connectivity index (χ0n) is 19.1. The fourth-order valence-corrected chi connectivity index (χ4v) is 3.94. The van der Waals surface area contributed by atoms with Gasteiger partial charge in [0.15, 0.2) is 0 Å². The van der Waals surface area contributed by atoms with Gasteiger partial charge in [0.05, 0.1) is 19.4 Å². The van der Waals surface area contributed by atoms with Crippen LogP contribution in [0, 0.1) is 18.7 Å². The fraction of sp³-hybridized carbons (Fsp3) is 0.333. The van der Waals surface area contributed by atoms with E-state index < -0.39 is 6.09 Å². The zero-order valence-corrected chi connectivity index (χ0v) is 19.1. The van der Waals surface area contributed by atoms with Gasteiger partial charge in [-0.1, -0.05) is 0 Å². The van der Waals surface area contributed by atoms with Gasteiger partial charge in [0.2, 0.25) is 0 Å². The second kappa shape index (κ2) is 10.8. The maximum absolute atomic E-state index is 14.8. The van der Waals surface area contributed by atoms with Crippen molar-refractivity contribution in [2.24, 2.45) is 17.4 Å². The van der Waals surface area contributed by atoms with Gasteiger partial charge in [-0.05, 0) is 60.4 Å². The number of benzene rings is 1. The molecule has 8 nitrogen and oxygen atoms in total. The van der Waals surface area contributed by atoms with Crippen molar-refractivity contribution >= 4 is 28.9 Å². The summed E-state index contributed by atoms with van der Waals surface area (Å²) in [5.41, 5.74) is 16.0. The number of amides is 1. The molecule has 0 bridgehead atoms. The molecule has 0 aliphatic carbocycles. The van der Waals surface area contributed by atoms with Gasteiger partial charge >= 0.3 is 6.09 Å². The van der Waals surface area contributed by atoms with Crippen molar-refractivity contribution in [3.63, 3.8) is 0 Å². The molecule has 2 heterocycles. The first-order valence-electron chi connectivity index (χ1n) is 10.6. The van der Waals surface area contributed by atoms with Gasteiger partial charge in [-0.2, -0.15) is 0 Å². The maximum Gasteiger partial charge on any atom is 0.412 e. The number of anilines is 2. The van der Waals surface area contributed by atoms with E-state index in [1.54, 1.807) is 37.6 Å². The van der Waals surface area contributed by atoms with E-state index in [1.807, 2.05) is 11.8 Å². The van der Waals surface area contributed by atoms with E-state index >= 15 is 0 Å². The molecule has 1 atom stereocenters. The molecule has 1 fully saturated rings. The van der Waals surface area contributed by atoms with E-state index in [0.29, 0.717) is 40.9 Å². The lowest BCUT2D eigenvalue weighted by Gasteiger charge is -2.21. The van der Waals surface area contributed by atoms with Crippen molar-refractivity contribution in [3.05, 3.63) is 65.2 Å². The van der Waals surface area contributed by atoms with Crippen LogP contribution in [0.3, 0.4) is 0 Å². The molecule has 1 aliphatic heterocycles. The third kappa shape index (κ3) is 5.81. The quantitative estimate of drug-likeness (QED) is 0.548. The van der Waals surface area contributed by atoms with Gasteiger partial charge in [-0.3, -0.25) is 5.32 Å². The highest BCUT2D eigenvalue weighted by molar-refractivity contribution is 5.87. The van der Waals surface area contributed by atoms with Crippen molar-refractivity contribution in [3.8, 4) is 0 Å². The number of pyridine rings is 1. The van der Waals surface area contributed by atoms with Crippen LogP contribution in [0.1, 0.15) is 23.1 Å². The summed E-state index contributed by atoms with van der Waals surface area (Å²) in [7, 11) is 2.95. The van der Waals surface area contributed by atoms with Crippen molar-refractivity contribution in [1.82, 2.24) is 4.98 Å². The first kappa shape index (κ1) is 24.1. The lowest BCUT2D eigenvalue weighted by Crippen LogP contribution is -2.22. The number of aromatic nitrogens is 1. The van der Waals surface area contributed by atoms with Crippen LogP contribution in [0.2, 0.25) is 0 Å². The summed E-state index contributed by atoms with van der Waals surface area (Å²) in [6.07, 6.45) is 5.00. The summed E-state index contributed by atoms with van der Waals surface area (Å²) in [5, 5.41) is 2.51. The largest absolute Gasteiger partial charge is 0.453 e. The van der Waals surface area contributed by atoms with E-state index in [4.69, 9.17) is 16.2 Å². The molecule has 1 aromatic carbocycles. The predicted molar refractivity (Wildman–Crippen MR) is 128 cm³/mol. The Labute approximate surface area is 193 Å². The van der Waals surface area contributed by atoms with Crippen LogP contribution < -0.4 is 21.7 Å². The number of hydrogen-bond donors (Lipinski definition) is 3. The maximum atomic E-state index is 14.8. The molecule has 1 aromatic heterocycles. The van der Waals surface area contributed by atoms with E-state index in [2.05, 4.69) is 15.0 Å². The van der Waals surface area contributed by atoms with E-state index in [-0.39, 0.29) is 5.82 Å². The molecule has 1 amide bonds. The minimum atomic E-state index is -0.628. The Hall–Kier alpha value is -3.59. The smallest absolute Gasteiger partial charge is 0.412 e. The molecular weight excluding hydrogens is 425 g/mol. The summed E-state index contributed by atoms with van der Waals surface area (Å²) in [5.74, 6) is 0.410. The van der Waals surface area contributed by atoms with Gasteiger partial charge in [0, 0.05) is 49.8 Å². The average Bonchev–Trinajstić information content (AvgIpc) is 3.26. The van der Waals surface area contributed by atoms with Gasteiger partial charge in [0.25, 0.3) is 0 Å². The number of allylic oxidation sites excluding steroid dienone is 2. The number of ether oxygens (including phenoxy) is 2. The fourth-order valence-electron chi connectivity index (χ4n) is 3.94. The van der Waals surface area contributed by atoms with Gasteiger partial charge in [-0.15, -0.1) is 0 Å². The molecule has 0 radical (unpaired) electrons. The molecule has 0 saturated carbocycles. The van der Waals surface area contributed by atoms with Crippen LogP contribution in [0.5, 0.6) is 0 Å². The highest BCUT2D eigenvalue weighted by atomic mass is 19.1. The number of aryl methyl sites for hydroxylation is 1. The van der Waals surface area contributed by atoms with Crippen molar-refractivity contribution in [1.29, 1.82) is 0 Å². The van der Waals surface area contributed by atoms with Crippen LogP contribution in [-0.2, 0) is 9.47 Å². The lowest BCUT2D eigenvalue weighted by atomic mass is 10.00. The summed E-state index contributed by atoms with van der Waals surface area (Å²) >= 11 is 0. The molecule has 5 N–H and O–H groups in total. The molecule has 2 aromatic rings. The molecule has 9 heteroatoms. The number of methoxy groups -OCH3 is 2. The summed E-state index contributed by atoms with van der Waals surface area (Å²) in [6, 6.07) is 6.69. The summed E-state index contributed by atoms with van der Waals surface area (Å²) in [4.78, 5) is 17.6. The topological polar surface area (TPSA) is 116 Å². The van der Waals surface area contributed by atoms with Gasteiger partial charge < -0.3 is 25.8 Å². The van der Waals surface area contributed by atoms with E-state index in [9.17, 15) is 9.18 Å². The van der Waals surface area contributed by atoms with Crippen LogP contribution >= 0.6 is 0 Å². The minimum absolute atomic E-state index is 0.274. The number of halogens is 1. The number of carbonyl (C=O) groups is 1. The monoisotopic (exact) mass is 455 g/mol. The van der Waals surface area contributed by atoms with Crippen LogP contribution in [0.25, 0.3) is 11.3 Å². The molecule has 1 unspecified atom stereocenters. The van der Waals surface area contributed by atoms with Crippen molar-refractivity contribution < 1.29 is 18.7 Å². The third-order valence-electron chi connectivity index (χ3n) is 5.63. The molecule has 0 spiro atoms. The predicted octanol–water partition coefficient (Wildman–Crippen LogP) is 3.48. The molecule has 176 valence electrons. The number of carbonyl (C=O) groups excluding carboxylic acids is 1. The van der Waals surface area contributed by atoms with Crippen LogP contribution in [-0.4, -0.2) is 45.0 Å². The normalized spacial score (nSPS) is 16.7. The molecule has 1 aliphatic rings. The van der Waals surface area contributed by atoms with Crippen LogP contribution in [0.4, 0.5) is 20.7 Å². The Kier molecular flexibility index (Phi) is 7.89. The number of nitrogens with two attached hydrogens (primary N) is 2. The SMILES string of the molecule is COCC1CCN(c2cc(/C(N)=C/C(=C\N)c3ccnc(NC(=O)OC)c3)c(C)cc2F)C1. The number of hydrogen-bond acceptors (Lipinski definition) is 7. The third-order valence-corrected chi connectivity index (χ3v) is 5.63. The average molecular weight is 456 g/mol.